The van der Waals surface area contributed by atoms with E-state index in [1.165, 1.54) is 12.5 Å². The van der Waals surface area contributed by atoms with Crippen molar-refractivity contribution in [2.45, 2.75) is 46.7 Å². The number of nitrogens with one attached hydrogen (secondary N) is 2. The highest BCUT2D eigenvalue weighted by Gasteiger charge is 2.17. The fourth-order valence-electron chi connectivity index (χ4n) is 2.79. The second-order valence-corrected chi connectivity index (χ2v) is 6.57. The fraction of sp³-hybridized carbons (Fsp3) is 0.333. The number of aryl methyl sites for hydroxylation is 3. The lowest BCUT2D eigenvalue weighted by molar-refractivity contribution is -0.122. The predicted octanol–water partition coefficient (Wildman–Crippen LogP) is 3.50. The minimum absolute atomic E-state index is 0.0840. The SMILES string of the molecule is CC(=O)NC(CC(=O)NCc1ccc(C)cc1C)c1ccc(C)cc1. The lowest BCUT2D eigenvalue weighted by Crippen LogP contribution is -2.32. The molecule has 0 aliphatic rings. The van der Waals surface area contributed by atoms with Gasteiger partial charge in [0.2, 0.25) is 11.8 Å². The number of hydrogen-bond acceptors (Lipinski definition) is 2. The molecule has 0 aromatic heterocycles. The highest BCUT2D eigenvalue weighted by atomic mass is 16.2. The summed E-state index contributed by atoms with van der Waals surface area (Å²) in [7, 11) is 0. The van der Waals surface area contributed by atoms with Crippen molar-refractivity contribution < 1.29 is 9.59 Å². The van der Waals surface area contributed by atoms with Gasteiger partial charge in [0.1, 0.15) is 0 Å². The maximum Gasteiger partial charge on any atom is 0.222 e. The summed E-state index contributed by atoms with van der Waals surface area (Å²) >= 11 is 0. The Labute approximate surface area is 149 Å². The molecule has 2 aromatic rings. The Balaban J connectivity index is 2.01. The molecule has 0 saturated heterocycles. The van der Waals surface area contributed by atoms with Crippen molar-refractivity contribution in [3.8, 4) is 0 Å². The van der Waals surface area contributed by atoms with E-state index in [0.717, 1.165) is 22.3 Å². The number of carbonyl (C=O) groups excluding carboxylic acids is 2. The summed E-state index contributed by atoms with van der Waals surface area (Å²) in [5.74, 6) is -0.230. The summed E-state index contributed by atoms with van der Waals surface area (Å²) in [5.41, 5.74) is 5.55. The van der Waals surface area contributed by atoms with Crippen molar-refractivity contribution in [3.05, 3.63) is 70.3 Å². The van der Waals surface area contributed by atoms with Crippen LogP contribution in [0.15, 0.2) is 42.5 Å². The van der Waals surface area contributed by atoms with Gasteiger partial charge in [-0.25, -0.2) is 0 Å². The first kappa shape index (κ1) is 18.7. The molecule has 25 heavy (non-hydrogen) atoms. The topological polar surface area (TPSA) is 58.2 Å². The van der Waals surface area contributed by atoms with E-state index >= 15 is 0 Å². The predicted molar refractivity (Wildman–Crippen MR) is 100 cm³/mol. The van der Waals surface area contributed by atoms with E-state index in [0.29, 0.717) is 6.54 Å². The lowest BCUT2D eigenvalue weighted by Gasteiger charge is -2.18. The van der Waals surface area contributed by atoms with E-state index < -0.39 is 0 Å². The third-order valence-corrected chi connectivity index (χ3v) is 4.22. The minimum Gasteiger partial charge on any atom is -0.352 e. The van der Waals surface area contributed by atoms with Crippen molar-refractivity contribution in [1.82, 2.24) is 10.6 Å². The summed E-state index contributed by atoms with van der Waals surface area (Å²) in [6, 6.07) is 13.7. The smallest absolute Gasteiger partial charge is 0.222 e. The molecule has 132 valence electrons. The minimum atomic E-state index is -0.322. The lowest BCUT2D eigenvalue weighted by atomic mass is 10.0. The summed E-state index contributed by atoms with van der Waals surface area (Å²) in [4.78, 5) is 23.9. The number of benzene rings is 2. The maximum absolute atomic E-state index is 12.4. The van der Waals surface area contributed by atoms with Gasteiger partial charge in [-0.1, -0.05) is 53.6 Å². The van der Waals surface area contributed by atoms with Gasteiger partial charge in [-0.3, -0.25) is 9.59 Å². The number of carbonyl (C=O) groups is 2. The van der Waals surface area contributed by atoms with Crippen molar-refractivity contribution in [2.75, 3.05) is 0 Å². The average Bonchev–Trinajstić information content (AvgIpc) is 2.53. The molecule has 0 radical (unpaired) electrons. The van der Waals surface area contributed by atoms with Gasteiger partial charge in [-0.05, 0) is 37.5 Å². The van der Waals surface area contributed by atoms with Crippen LogP contribution in [0.2, 0.25) is 0 Å². The van der Waals surface area contributed by atoms with Crippen LogP contribution in [-0.4, -0.2) is 11.8 Å². The first-order valence-electron chi connectivity index (χ1n) is 8.51. The summed E-state index contributed by atoms with van der Waals surface area (Å²) in [5, 5.41) is 5.82. The Morgan fingerprint density at radius 3 is 2.20 bits per heavy atom. The third kappa shape index (κ3) is 5.75. The highest BCUT2D eigenvalue weighted by molar-refractivity contribution is 5.79. The van der Waals surface area contributed by atoms with Crippen LogP contribution in [-0.2, 0) is 16.1 Å². The van der Waals surface area contributed by atoms with E-state index in [-0.39, 0.29) is 24.3 Å². The van der Waals surface area contributed by atoms with Crippen LogP contribution in [0.4, 0.5) is 0 Å². The molecule has 2 aromatic carbocycles. The molecule has 0 fully saturated rings. The van der Waals surface area contributed by atoms with E-state index in [1.54, 1.807) is 0 Å². The molecule has 1 unspecified atom stereocenters. The van der Waals surface area contributed by atoms with Gasteiger partial charge in [0.05, 0.1) is 12.5 Å². The first-order chi connectivity index (χ1) is 11.8. The summed E-state index contributed by atoms with van der Waals surface area (Å²) in [6.45, 7) is 8.06. The summed E-state index contributed by atoms with van der Waals surface area (Å²) < 4.78 is 0. The average molecular weight is 338 g/mol. The van der Waals surface area contributed by atoms with E-state index in [2.05, 4.69) is 23.6 Å². The monoisotopic (exact) mass is 338 g/mol. The molecule has 0 bridgehead atoms. The number of hydrogen-bond donors (Lipinski definition) is 2. The molecular formula is C21H26N2O2. The van der Waals surface area contributed by atoms with Crippen LogP contribution in [0.5, 0.6) is 0 Å². The van der Waals surface area contributed by atoms with Gasteiger partial charge in [0, 0.05) is 13.5 Å². The molecule has 0 saturated carbocycles. The molecule has 0 aliphatic heterocycles. The maximum atomic E-state index is 12.4. The van der Waals surface area contributed by atoms with Gasteiger partial charge >= 0.3 is 0 Å². The zero-order valence-corrected chi connectivity index (χ0v) is 15.3. The molecule has 2 rings (SSSR count). The van der Waals surface area contributed by atoms with Crippen LogP contribution in [0.1, 0.15) is 47.2 Å². The Kier molecular flexibility index (Phi) is 6.34. The molecule has 4 heteroatoms. The van der Waals surface area contributed by atoms with Crippen molar-refractivity contribution in [3.63, 3.8) is 0 Å². The van der Waals surface area contributed by atoms with E-state index in [1.807, 2.05) is 50.2 Å². The zero-order valence-electron chi connectivity index (χ0n) is 15.3. The van der Waals surface area contributed by atoms with Crippen molar-refractivity contribution >= 4 is 11.8 Å². The zero-order chi connectivity index (χ0) is 18.4. The van der Waals surface area contributed by atoms with Gasteiger partial charge in [0.25, 0.3) is 0 Å². The largest absolute Gasteiger partial charge is 0.352 e. The molecule has 0 heterocycles. The Morgan fingerprint density at radius 1 is 0.960 bits per heavy atom. The van der Waals surface area contributed by atoms with Crippen LogP contribution in [0, 0.1) is 20.8 Å². The van der Waals surface area contributed by atoms with Crippen LogP contribution in [0.25, 0.3) is 0 Å². The molecule has 2 N–H and O–H groups in total. The van der Waals surface area contributed by atoms with Gasteiger partial charge < -0.3 is 10.6 Å². The second-order valence-electron chi connectivity index (χ2n) is 6.57. The Bertz CT molecular complexity index is 751. The Morgan fingerprint density at radius 2 is 1.60 bits per heavy atom. The van der Waals surface area contributed by atoms with Gasteiger partial charge in [0.15, 0.2) is 0 Å². The number of rotatable bonds is 6. The van der Waals surface area contributed by atoms with Crippen LogP contribution < -0.4 is 10.6 Å². The highest BCUT2D eigenvalue weighted by Crippen LogP contribution is 2.18. The third-order valence-electron chi connectivity index (χ3n) is 4.22. The van der Waals surface area contributed by atoms with Crippen LogP contribution >= 0.6 is 0 Å². The Hall–Kier alpha value is -2.62. The normalized spacial score (nSPS) is 11.7. The number of amides is 2. The molecule has 4 nitrogen and oxygen atoms in total. The fourth-order valence-corrected chi connectivity index (χ4v) is 2.79. The molecule has 0 aliphatic carbocycles. The van der Waals surface area contributed by atoms with Crippen molar-refractivity contribution in [2.24, 2.45) is 0 Å². The molecule has 1 atom stereocenters. The standard InChI is InChI=1S/C21H26N2O2/c1-14-5-8-18(9-6-14)20(23-17(4)24)12-21(25)22-13-19-10-7-15(2)11-16(19)3/h5-11,20H,12-13H2,1-4H3,(H,22,25)(H,23,24). The molecule has 0 spiro atoms. The van der Waals surface area contributed by atoms with E-state index in [4.69, 9.17) is 0 Å². The molecular weight excluding hydrogens is 312 g/mol. The molecule has 2 amide bonds. The van der Waals surface area contributed by atoms with Crippen LogP contribution in [0.3, 0.4) is 0 Å². The first-order valence-corrected chi connectivity index (χ1v) is 8.51. The van der Waals surface area contributed by atoms with Gasteiger partial charge in [-0.15, -0.1) is 0 Å². The van der Waals surface area contributed by atoms with E-state index in [9.17, 15) is 9.59 Å². The quantitative estimate of drug-likeness (QED) is 0.847. The second kappa shape index (κ2) is 8.47. The van der Waals surface area contributed by atoms with Crippen molar-refractivity contribution in [1.29, 1.82) is 0 Å². The summed E-state index contributed by atoms with van der Waals surface area (Å²) in [6.07, 6.45) is 0.216. The van der Waals surface area contributed by atoms with Gasteiger partial charge in [-0.2, -0.15) is 0 Å².